The van der Waals surface area contributed by atoms with E-state index in [0.29, 0.717) is 39.5 Å². The molecule has 0 saturated heterocycles. The summed E-state index contributed by atoms with van der Waals surface area (Å²) in [5, 5.41) is 2.88. The minimum Gasteiger partial charge on any atom is -0.460 e. The first-order valence-electron chi connectivity index (χ1n) is 21.6. The van der Waals surface area contributed by atoms with Gasteiger partial charge in [-0.3, -0.25) is 4.79 Å². The van der Waals surface area contributed by atoms with Crippen LogP contribution in [0.5, 0.6) is 0 Å². The Labute approximate surface area is 338 Å². The molecule has 0 spiro atoms. The van der Waals surface area contributed by atoms with Crippen molar-refractivity contribution in [2.45, 2.75) is 148 Å². The van der Waals surface area contributed by atoms with E-state index in [4.69, 9.17) is 28.4 Å². The third-order valence-corrected chi connectivity index (χ3v) is 9.45. The lowest BCUT2D eigenvalue weighted by Crippen LogP contribution is -2.44. The second kappa shape index (κ2) is 34.9. The van der Waals surface area contributed by atoms with Crippen molar-refractivity contribution in [3.05, 3.63) is 71.8 Å². The highest BCUT2D eigenvalue weighted by molar-refractivity contribution is 5.85. The maximum Gasteiger partial charge on any atom is 0.332 e. The van der Waals surface area contributed by atoms with E-state index in [9.17, 15) is 14.4 Å². The third kappa shape index (κ3) is 27.3. The fourth-order valence-electron chi connectivity index (χ4n) is 6.21. The van der Waals surface area contributed by atoms with E-state index in [0.717, 1.165) is 49.8 Å². The molecule has 0 saturated carbocycles. The summed E-state index contributed by atoms with van der Waals surface area (Å²) in [4.78, 5) is 39.6. The topological polar surface area (TPSA) is 119 Å². The summed E-state index contributed by atoms with van der Waals surface area (Å²) < 4.78 is 33.4. The standard InChI is InChI=1S/C46H73NO9/c1-3-5-7-8-9-10-11-12-13-14-15-16-23-28-42(56-45(49)39-54-35-34-53-33-32-52-31-30-51-29-6-4-2)37-44(48)47-43(36-40-24-19-17-20-25-40)46(50)55-38-41-26-21-18-22-27-41/h17-22,24-27,42-43H,3-16,23,28-39H2,1-2H3,(H,47,48)/t42?,43-/m0/s1. The second-order valence-electron chi connectivity index (χ2n) is 14.5. The minimum atomic E-state index is -0.894. The van der Waals surface area contributed by atoms with E-state index in [2.05, 4.69) is 19.2 Å². The molecule has 0 aliphatic carbocycles. The Morgan fingerprint density at radius 3 is 1.59 bits per heavy atom. The van der Waals surface area contributed by atoms with Gasteiger partial charge in [0.2, 0.25) is 5.91 Å². The van der Waals surface area contributed by atoms with Crippen LogP contribution in [-0.2, 0) is 55.8 Å². The maximum absolute atomic E-state index is 13.5. The van der Waals surface area contributed by atoms with Crippen LogP contribution in [0.1, 0.15) is 134 Å². The minimum absolute atomic E-state index is 0.0615. The molecular formula is C46H73NO9. The lowest BCUT2D eigenvalue weighted by atomic mass is 10.0. The van der Waals surface area contributed by atoms with Crippen molar-refractivity contribution in [3.8, 4) is 0 Å². The highest BCUT2D eigenvalue weighted by Gasteiger charge is 2.26. The average Bonchev–Trinajstić information content (AvgIpc) is 3.21. The molecule has 1 N–H and O–H groups in total. The van der Waals surface area contributed by atoms with Gasteiger partial charge in [-0.15, -0.1) is 0 Å². The summed E-state index contributed by atoms with van der Waals surface area (Å²) in [5.74, 6) is -1.43. The molecule has 1 amide bonds. The van der Waals surface area contributed by atoms with Gasteiger partial charge in [0.25, 0.3) is 0 Å². The van der Waals surface area contributed by atoms with Gasteiger partial charge >= 0.3 is 11.9 Å². The zero-order valence-corrected chi connectivity index (χ0v) is 34.7. The number of ether oxygens (including phenoxy) is 6. The van der Waals surface area contributed by atoms with Gasteiger partial charge in [0.1, 0.15) is 25.4 Å². The lowest BCUT2D eigenvalue weighted by molar-refractivity contribution is -0.157. The number of unbranched alkanes of at least 4 members (excludes halogenated alkanes) is 13. The van der Waals surface area contributed by atoms with Gasteiger partial charge in [0, 0.05) is 13.0 Å². The zero-order chi connectivity index (χ0) is 40.2. The van der Waals surface area contributed by atoms with Crippen LogP contribution < -0.4 is 5.32 Å². The van der Waals surface area contributed by atoms with Crippen LogP contribution in [0.2, 0.25) is 0 Å². The van der Waals surface area contributed by atoms with Crippen LogP contribution in [0.25, 0.3) is 0 Å². The molecule has 56 heavy (non-hydrogen) atoms. The Hall–Kier alpha value is -3.31. The van der Waals surface area contributed by atoms with E-state index in [1.165, 1.54) is 64.2 Å². The SMILES string of the molecule is CCCCCCCCCCCCCCCC(CC(=O)N[C@@H](Cc1ccccc1)C(=O)OCc1ccccc1)OC(=O)COCCOCCOCCOCCCC. The summed E-state index contributed by atoms with van der Waals surface area (Å²) in [6.07, 6.45) is 18.2. The van der Waals surface area contributed by atoms with Gasteiger partial charge in [-0.05, 0) is 30.4 Å². The molecule has 2 aromatic carbocycles. The largest absolute Gasteiger partial charge is 0.460 e. The van der Waals surface area contributed by atoms with Crippen LogP contribution in [0, 0.1) is 0 Å². The first kappa shape index (κ1) is 48.8. The summed E-state index contributed by atoms with van der Waals surface area (Å²) in [7, 11) is 0. The molecule has 1 unspecified atom stereocenters. The quantitative estimate of drug-likeness (QED) is 0.0529. The predicted octanol–water partition coefficient (Wildman–Crippen LogP) is 9.11. The van der Waals surface area contributed by atoms with Crippen molar-refractivity contribution in [2.24, 2.45) is 0 Å². The molecular weight excluding hydrogens is 711 g/mol. The number of amides is 1. The van der Waals surface area contributed by atoms with Crippen molar-refractivity contribution in [1.29, 1.82) is 0 Å². The molecule has 10 heteroatoms. The molecule has 2 atom stereocenters. The number of rotatable bonds is 37. The molecule has 0 radical (unpaired) electrons. The number of carbonyl (C=O) groups is 3. The van der Waals surface area contributed by atoms with Gasteiger partial charge in [-0.25, -0.2) is 9.59 Å². The molecule has 0 aromatic heterocycles. The van der Waals surface area contributed by atoms with E-state index < -0.39 is 24.1 Å². The van der Waals surface area contributed by atoms with E-state index in [-0.39, 0.29) is 38.6 Å². The number of hydrogen-bond donors (Lipinski definition) is 1. The van der Waals surface area contributed by atoms with Gasteiger partial charge in [0.05, 0.1) is 46.1 Å². The van der Waals surface area contributed by atoms with Gasteiger partial charge in [-0.1, -0.05) is 158 Å². The van der Waals surface area contributed by atoms with Gasteiger partial charge in [0.15, 0.2) is 0 Å². The van der Waals surface area contributed by atoms with Crippen LogP contribution in [0.3, 0.4) is 0 Å². The van der Waals surface area contributed by atoms with Crippen molar-refractivity contribution >= 4 is 17.8 Å². The smallest absolute Gasteiger partial charge is 0.332 e. The Morgan fingerprint density at radius 2 is 1.04 bits per heavy atom. The Balaban J connectivity index is 1.82. The molecule has 0 heterocycles. The highest BCUT2D eigenvalue weighted by atomic mass is 16.6. The molecule has 0 aliphatic heterocycles. The molecule has 0 bridgehead atoms. The zero-order valence-electron chi connectivity index (χ0n) is 34.7. The van der Waals surface area contributed by atoms with E-state index in [1.54, 1.807) is 0 Å². The van der Waals surface area contributed by atoms with Crippen LogP contribution in [-0.4, -0.2) is 82.8 Å². The van der Waals surface area contributed by atoms with Crippen molar-refractivity contribution in [3.63, 3.8) is 0 Å². The molecule has 316 valence electrons. The van der Waals surface area contributed by atoms with Crippen LogP contribution >= 0.6 is 0 Å². The number of hydrogen-bond acceptors (Lipinski definition) is 9. The molecule has 0 fully saturated rings. The van der Waals surface area contributed by atoms with E-state index in [1.807, 2.05) is 60.7 Å². The van der Waals surface area contributed by atoms with Crippen LogP contribution in [0.15, 0.2) is 60.7 Å². The summed E-state index contributed by atoms with van der Waals surface area (Å²) in [6.45, 7) is 7.52. The van der Waals surface area contributed by atoms with Crippen molar-refractivity contribution in [1.82, 2.24) is 5.32 Å². The fourth-order valence-corrected chi connectivity index (χ4v) is 6.21. The first-order chi connectivity index (χ1) is 27.5. The maximum atomic E-state index is 13.5. The average molecular weight is 784 g/mol. The predicted molar refractivity (Wildman–Crippen MR) is 221 cm³/mol. The Kier molecular flexibility index (Phi) is 30.4. The number of carbonyl (C=O) groups excluding carboxylic acids is 3. The van der Waals surface area contributed by atoms with Crippen molar-refractivity contribution < 1.29 is 42.8 Å². The molecule has 2 aromatic rings. The number of esters is 2. The Bertz CT molecular complexity index is 1230. The normalized spacial score (nSPS) is 12.2. The van der Waals surface area contributed by atoms with Crippen molar-refractivity contribution in [2.75, 3.05) is 52.9 Å². The second-order valence-corrected chi connectivity index (χ2v) is 14.5. The molecule has 2 rings (SSSR count). The first-order valence-corrected chi connectivity index (χ1v) is 21.6. The molecule has 0 aliphatic rings. The van der Waals surface area contributed by atoms with Gasteiger partial charge in [-0.2, -0.15) is 0 Å². The fraction of sp³-hybridized carbons (Fsp3) is 0.674. The van der Waals surface area contributed by atoms with E-state index >= 15 is 0 Å². The monoisotopic (exact) mass is 784 g/mol. The lowest BCUT2D eigenvalue weighted by Gasteiger charge is -2.21. The van der Waals surface area contributed by atoms with Gasteiger partial charge < -0.3 is 33.7 Å². The molecule has 10 nitrogen and oxygen atoms in total. The Morgan fingerprint density at radius 1 is 0.554 bits per heavy atom. The number of benzene rings is 2. The summed E-state index contributed by atoms with van der Waals surface area (Å²) in [6, 6.07) is 18.0. The number of nitrogens with one attached hydrogen (secondary N) is 1. The third-order valence-electron chi connectivity index (χ3n) is 9.45. The summed E-state index contributed by atoms with van der Waals surface area (Å²) in [5.41, 5.74) is 1.75. The summed E-state index contributed by atoms with van der Waals surface area (Å²) >= 11 is 0. The van der Waals surface area contributed by atoms with Crippen LogP contribution in [0.4, 0.5) is 0 Å². The highest BCUT2D eigenvalue weighted by Crippen LogP contribution is 2.16.